The summed E-state index contributed by atoms with van der Waals surface area (Å²) in [6, 6.07) is 7.71. The topological polar surface area (TPSA) is 63.8 Å². The molecule has 3 rings (SSSR count). The fourth-order valence-electron chi connectivity index (χ4n) is 1.87. The maximum Gasteiger partial charge on any atom is 0.173 e. The Bertz CT molecular complexity index is 753. The number of benzene rings is 1. The molecule has 0 bridgehead atoms. The van der Waals surface area contributed by atoms with Gasteiger partial charge in [0.15, 0.2) is 11.6 Å². The van der Waals surface area contributed by atoms with Crippen LogP contribution in [0.5, 0.6) is 0 Å². The number of rotatable bonds is 2. The molecule has 0 fully saturated rings. The first-order valence-corrected chi connectivity index (χ1v) is 6.94. The third-order valence-electron chi connectivity index (χ3n) is 2.84. The molecule has 2 heterocycles. The van der Waals surface area contributed by atoms with E-state index in [0.29, 0.717) is 16.7 Å². The van der Waals surface area contributed by atoms with Crippen molar-refractivity contribution in [3.63, 3.8) is 0 Å². The molecule has 2 aromatic heterocycles. The average molecular weight is 291 g/mol. The van der Waals surface area contributed by atoms with Gasteiger partial charge in [0.2, 0.25) is 0 Å². The minimum Gasteiger partial charge on any atom is -0.308 e. The molecule has 0 aliphatic rings. The zero-order chi connectivity index (χ0) is 13.4. The standard InChI is InChI=1S/C13H11ClN4S/c1-7-6-19-11(10(7)14)13-16-9-5-3-2-4-8(9)12(17-13)18-15/h2-6H,15H2,1H3,(H,16,17,18). The number of fused-ring (bicyclic) bond motifs is 1. The first-order chi connectivity index (χ1) is 9.20. The normalized spacial score (nSPS) is 10.9. The van der Waals surface area contributed by atoms with Gasteiger partial charge in [0.1, 0.15) is 0 Å². The molecular formula is C13H11ClN4S. The monoisotopic (exact) mass is 290 g/mol. The highest BCUT2D eigenvalue weighted by atomic mass is 35.5. The second-order valence-corrected chi connectivity index (χ2v) is 5.38. The zero-order valence-corrected chi connectivity index (χ0v) is 11.7. The summed E-state index contributed by atoms with van der Waals surface area (Å²) in [5.41, 5.74) is 4.48. The number of hydrazine groups is 1. The van der Waals surface area contributed by atoms with Crippen molar-refractivity contribution in [2.75, 3.05) is 5.43 Å². The van der Waals surface area contributed by atoms with Crippen molar-refractivity contribution in [3.8, 4) is 10.7 Å². The van der Waals surface area contributed by atoms with Crippen molar-refractivity contribution in [2.45, 2.75) is 6.92 Å². The first kappa shape index (κ1) is 12.3. The molecule has 1 aromatic carbocycles. The van der Waals surface area contributed by atoms with Gasteiger partial charge in [0.25, 0.3) is 0 Å². The zero-order valence-electron chi connectivity index (χ0n) is 10.1. The van der Waals surface area contributed by atoms with Gasteiger partial charge in [-0.25, -0.2) is 15.8 Å². The van der Waals surface area contributed by atoms with E-state index >= 15 is 0 Å². The first-order valence-electron chi connectivity index (χ1n) is 5.68. The summed E-state index contributed by atoms with van der Waals surface area (Å²) >= 11 is 7.80. The number of para-hydroxylation sites is 1. The van der Waals surface area contributed by atoms with Gasteiger partial charge in [-0.3, -0.25) is 0 Å². The summed E-state index contributed by atoms with van der Waals surface area (Å²) < 4.78 is 0. The number of anilines is 1. The number of halogens is 1. The minimum atomic E-state index is 0.592. The molecule has 0 saturated heterocycles. The summed E-state index contributed by atoms with van der Waals surface area (Å²) in [4.78, 5) is 9.85. The van der Waals surface area contributed by atoms with E-state index in [1.54, 1.807) is 0 Å². The van der Waals surface area contributed by atoms with Crippen LogP contribution in [0.3, 0.4) is 0 Å². The van der Waals surface area contributed by atoms with E-state index in [1.807, 2.05) is 36.6 Å². The number of nitrogens with two attached hydrogens (primary N) is 1. The Morgan fingerprint density at radius 3 is 2.74 bits per heavy atom. The number of hydrogen-bond acceptors (Lipinski definition) is 5. The molecule has 0 aliphatic carbocycles. The molecule has 3 aromatic rings. The molecule has 0 unspecified atom stereocenters. The van der Waals surface area contributed by atoms with Crippen molar-refractivity contribution in [2.24, 2.45) is 5.84 Å². The largest absolute Gasteiger partial charge is 0.308 e. The molecule has 19 heavy (non-hydrogen) atoms. The molecule has 4 nitrogen and oxygen atoms in total. The fraction of sp³-hybridized carbons (Fsp3) is 0.0769. The minimum absolute atomic E-state index is 0.592. The number of nitrogen functional groups attached to an aromatic ring is 1. The molecule has 3 N–H and O–H groups in total. The third kappa shape index (κ3) is 2.06. The predicted octanol–water partition coefficient (Wildman–Crippen LogP) is 3.61. The van der Waals surface area contributed by atoms with Crippen LogP contribution in [0.15, 0.2) is 29.6 Å². The number of thiophene rings is 1. The molecule has 0 spiro atoms. The number of nitrogens with zero attached hydrogens (tertiary/aromatic N) is 2. The van der Waals surface area contributed by atoms with Gasteiger partial charge in [-0.2, -0.15) is 0 Å². The molecule has 0 atom stereocenters. The van der Waals surface area contributed by atoms with E-state index in [2.05, 4.69) is 15.4 Å². The second kappa shape index (κ2) is 4.77. The van der Waals surface area contributed by atoms with Gasteiger partial charge >= 0.3 is 0 Å². The Morgan fingerprint density at radius 1 is 1.26 bits per heavy atom. The molecule has 96 valence electrons. The predicted molar refractivity (Wildman–Crippen MR) is 80.4 cm³/mol. The Kier molecular flexibility index (Phi) is 3.10. The maximum absolute atomic E-state index is 6.27. The van der Waals surface area contributed by atoms with Crippen molar-refractivity contribution in [1.29, 1.82) is 0 Å². The Hall–Kier alpha value is -1.69. The average Bonchev–Trinajstić information content (AvgIpc) is 2.78. The number of aryl methyl sites for hydroxylation is 1. The lowest BCUT2D eigenvalue weighted by molar-refractivity contribution is 1.19. The highest BCUT2D eigenvalue weighted by Crippen LogP contribution is 2.35. The Morgan fingerprint density at radius 2 is 2.05 bits per heavy atom. The lowest BCUT2D eigenvalue weighted by Crippen LogP contribution is -2.10. The molecule has 0 radical (unpaired) electrons. The summed E-state index contributed by atoms with van der Waals surface area (Å²) in [5, 5.41) is 3.58. The van der Waals surface area contributed by atoms with Gasteiger partial charge < -0.3 is 5.43 Å². The fourth-order valence-corrected chi connectivity index (χ4v) is 3.08. The van der Waals surface area contributed by atoms with E-state index in [1.165, 1.54) is 11.3 Å². The van der Waals surface area contributed by atoms with Gasteiger partial charge in [-0.15, -0.1) is 11.3 Å². The maximum atomic E-state index is 6.27. The van der Waals surface area contributed by atoms with Crippen LogP contribution in [0.1, 0.15) is 5.56 Å². The summed E-state index contributed by atoms with van der Waals surface area (Å²) in [6.07, 6.45) is 0. The van der Waals surface area contributed by atoms with Gasteiger partial charge in [-0.05, 0) is 30.0 Å². The van der Waals surface area contributed by atoms with E-state index in [-0.39, 0.29) is 0 Å². The van der Waals surface area contributed by atoms with Gasteiger partial charge in [0.05, 0.1) is 15.4 Å². The number of aromatic nitrogens is 2. The second-order valence-electron chi connectivity index (χ2n) is 4.12. The highest BCUT2D eigenvalue weighted by Gasteiger charge is 2.14. The van der Waals surface area contributed by atoms with Crippen molar-refractivity contribution in [3.05, 3.63) is 40.2 Å². The van der Waals surface area contributed by atoms with Crippen molar-refractivity contribution in [1.82, 2.24) is 9.97 Å². The Balaban J connectivity index is 2.28. The van der Waals surface area contributed by atoms with Crippen LogP contribution in [0.4, 0.5) is 5.82 Å². The quantitative estimate of drug-likeness (QED) is 0.559. The van der Waals surface area contributed by atoms with Crippen molar-refractivity contribution < 1.29 is 0 Å². The van der Waals surface area contributed by atoms with Crippen LogP contribution in [0, 0.1) is 6.92 Å². The van der Waals surface area contributed by atoms with Crippen molar-refractivity contribution >= 4 is 39.7 Å². The number of hydrogen-bond donors (Lipinski definition) is 2. The van der Waals surface area contributed by atoms with E-state index in [9.17, 15) is 0 Å². The van der Waals surface area contributed by atoms with Crippen LogP contribution >= 0.6 is 22.9 Å². The smallest absolute Gasteiger partial charge is 0.173 e. The van der Waals surface area contributed by atoms with E-state index in [4.69, 9.17) is 17.4 Å². The number of nitrogens with one attached hydrogen (secondary N) is 1. The molecule has 6 heteroatoms. The summed E-state index contributed by atoms with van der Waals surface area (Å²) in [6.45, 7) is 1.96. The lowest BCUT2D eigenvalue weighted by Gasteiger charge is -2.07. The molecule has 0 aliphatic heterocycles. The van der Waals surface area contributed by atoms with Gasteiger partial charge in [-0.1, -0.05) is 23.7 Å². The molecule has 0 amide bonds. The summed E-state index contributed by atoms with van der Waals surface area (Å²) in [7, 11) is 0. The summed E-state index contributed by atoms with van der Waals surface area (Å²) in [5.74, 6) is 6.73. The van der Waals surface area contributed by atoms with E-state index in [0.717, 1.165) is 21.3 Å². The van der Waals surface area contributed by atoms with Crippen LogP contribution in [-0.2, 0) is 0 Å². The SMILES string of the molecule is Cc1csc(-c2nc(NN)c3ccccc3n2)c1Cl. The molecule has 0 saturated carbocycles. The van der Waals surface area contributed by atoms with Crippen LogP contribution in [0.2, 0.25) is 5.02 Å². The van der Waals surface area contributed by atoms with Gasteiger partial charge in [0, 0.05) is 5.39 Å². The van der Waals surface area contributed by atoms with Crippen LogP contribution < -0.4 is 11.3 Å². The van der Waals surface area contributed by atoms with E-state index < -0.39 is 0 Å². The molecular weight excluding hydrogens is 280 g/mol. The third-order valence-corrected chi connectivity index (χ3v) is 4.54. The lowest BCUT2D eigenvalue weighted by atomic mass is 10.2. The van der Waals surface area contributed by atoms with Crippen LogP contribution in [0.25, 0.3) is 21.6 Å². The van der Waals surface area contributed by atoms with Crippen LogP contribution in [-0.4, -0.2) is 9.97 Å². The Labute approximate surface area is 119 Å². The highest BCUT2D eigenvalue weighted by molar-refractivity contribution is 7.14.